The van der Waals surface area contributed by atoms with E-state index in [4.69, 9.17) is 37.2 Å². The van der Waals surface area contributed by atoms with Crippen molar-refractivity contribution in [2.45, 2.75) is 57.7 Å². The molecule has 1 saturated carbocycles. The molecule has 45 heavy (non-hydrogen) atoms. The first-order chi connectivity index (χ1) is 21.6. The number of ether oxygens (including phenoxy) is 2. The number of hydrogen-bond donors (Lipinski definition) is 3. The van der Waals surface area contributed by atoms with Crippen molar-refractivity contribution in [3.8, 4) is 16.9 Å². The minimum atomic E-state index is -4.16. The second kappa shape index (κ2) is 12.3. The van der Waals surface area contributed by atoms with Gasteiger partial charge in [-0.05, 0) is 80.7 Å². The first-order valence-electron chi connectivity index (χ1n) is 14.9. The minimum absolute atomic E-state index is 0.0206. The molecule has 3 aliphatic rings. The predicted molar refractivity (Wildman–Crippen MR) is 165 cm³/mol. The average Bonchev–Trinajstić information content (AvgIpc) is 3.84. The maximum Gasteiger partial charge on any atom is 0.482 e. The maximum atomic E-state index is 15.0. The van der Waals surface area contributed by atoms with Gasteiger partial charge < -0.3 is 25.9 Å². The van der Waals surface area contributed by atoms with Gasteiger partial charge in [0, 0.05) is 42.8 Å². The Kier molecular flexibility index (Phi) is 8.45. The number of carbonyl (C=O) groups excluding carboxylic acids is 2. The van der Waals surface area contributed by atoms with Crippen molar-refractivity contribution in [3.63, 3.8) is 0 Å². The zero-order chi connectivity index (χ0) is 31.9. The van der Waals surface area contributed by atoms with Gasteiger partial charge in [-0.1, -0.05) is 17.7 Å². The highest BCUT2D eigenvalue weighted by atomic mass is 35.5. The molecule has 1 unspecified atom stereocenters. The molecule has 2 aromatic heterocycles. The first kappa shape index (κ1) is 30.8. The fourth-order valence-electron chi connectivity index (χ4n) is 6.00. The molecule has 1 atom stereocenters. The molecule has 2 aliphatic heterocycles. The van der Waals surface area contributed by atoms with Gasteiger partial charge in [-0.3, -0.25) is 19.5 Å². The van der Waals surface area contributed by atoms with Gasteiger partial charge in [0.25, 0.3) is 5.91 Å². The Balaban J connectivity index is 1.46. The van der Waals surface area contributed by atoms with Crippen LogP contribution in [0.4, 0.5) is 20.3 Å². The second-order valence-electron chi connectivity index (χ2n) is 11.8. The van der Waals surface area contributed by atoms with Crippen LogP contribution in [-0.4, -0.2) is 53.4 Å². The number of fused-ring (bicyclic) bond motifs is 1. The molecule has 6 rings (SSSR count). The summed E-state index contributed by atoms with van der Waals surface area (Å²) in [6.45, 7) is 3.11. The van der Waals surface area contributed by atoms with Gasteiger partial charge in [0.1, 0.15) is 5.82 Å². The average molecular weight is 639 g/mol. The van der Waals surface area contributed by atoms with Crippen LogP contribution in [0.5, 0.6) is 5.75 Å². The number of benzene rings is 1. The molecule has 0 radical (unpaired) electrons. The molecule has 236 valence electrons. The lowest BCUT2D eigenvalue weighted by Gasteiger charge is -2.34. The molecular weight excluding hydrogens is 606 g/mol. The standard InChI is InChI=1S/C32H33ClF2N6O4/c1-17(19-8-10-44-11-9-19)39-30-23(14-36)27(28(29(37)42)24(40-30)12-18-2-3-18)20-4-7-25-26(13-20)45-32(34,35)31(43)41(25)16-22-6-5-21(33)15-38-22/h4-7,13-15,17-19,36H,2-3,8-12,16H2,1H3,(H2,37,42)(H,39,40). The van der Waals surface area contributed by atoms with E-state index in [1.165, 1.54) is 18.3 Å². The zero-order valence-electron chi connectivity index (χ0n) is 24.6. The number of anilines is 2. The van der Waals surface area contributed by atoms with Crippen molar-refractivity contribution in [3.05, 3.63) is 64.1 Å². The summed E-state index contributed by atoms with van der Waals surface area (Å²) in [5.74, 6) is -1.49. The van der Waals surface area contributed by atoms with Gasteiger partial charge in [0.15, 0.2) is 5.75 Å². The van der Waals surface area contributed by atoms with Gasteiger partial charge in [-0.2, -0.15) is 8.78 Å². The van der Waals surface area contributed by atoms with Crippen LogP contribution in [-0.2, 0) is 22.5 Å². The number of nitrogens with zero attached hydrogens (tertiary/aromatic N) is 3. The van der Waals surface area contributed by atoms with Gasteiger partial charge in [-0.15, -0.1) is 0 Å². The number of nitrogens with one attached hydrogen (secondary N) is 2. The normalized spacial score (nSPS) is 18.6. The maximum absolute atomic E-state index is 15.0. The van der Waals surface area contributed by atoms with Crippen LogP contribution in [0.25, 0.3) is 11.1 Å². The summed E-state index contributed by atoms with van der Waals surface area (Å²) < 4.78 is 40.4. The van der Waals surface area contributed by atoms with Crippen LogP contribution in [0.3, 0.4) is 0 Å². The topological polar surface area (TPSA) is 144 Å². The number of carbonyl (C=O) groups is 2. The molecule has 0 bridgehead atoms. The summed E-state index contributed by atoms with van der Waals surface area (Å²) in [6.07, 6.45) is 2.54. The van der Waals surface area contributed by atoms with E-state index in [0.29, 0.717) is 70.4 Å². The zero-order valence-corrected chi connectivity index (χ0v) is 25.4. The Hall–Kier alpha value is -4.16. The van der Waals surface area contributed by atoms with E-state index in [0.717, 1.165) is 36.8 Å². The first-order valence-corrected chi connectivity index (χ1v) is 15.3. The fourth-order valence-corrected chi connectivity index (χ4v) is 6.11. The number of amides is 2. The number of nitrogens with two attached hydrogens (primary N) is 1. The number of halogens is 3. The molecule has 1 saturated heterocycles. The Labute approximate surface area is 263 Å². The molecule has 4 heterocycles. The highest BCUT2D eigenvalue weighted by molar-refractivity contribution is 6.30. The summed E-state index contributed by atoms with van der Waals surface area (Å²) in [5.41, 5.74) is 7.92. The predicted octanol–water partition coefficient (Wildman–Crippen LogP) is 5.59. The van der Waals surface area contributed by atoms with Crippen LogP contribution < -0.4 is 20.7 Å². The SMILES string of the molecule is CC(Nc1nc(CC2CC2)c(C(N)=O)c(-c2ccc3c(c2)OC(F)(F)C(=O)N3Cc2ccc(Cl)cn2)c1C=N)C1CCOCC1. The molecule has 3 aromatic rings. The Bertz CT molecular complexity index is 1640. The third kappa shape index (κ3) is 6.34. The highest BCUT2D eigenvalue weighted by Crippen LogP contribution is 2.45. The molecular formula is C32H33ClF2N6O4. The summed E-state index contributed by atoms with van der Waals surface area (Å²) >= 11 is 5.92. The summed E-state index contributed by atoms with van der Waals surface area (Å²) in [6, 6.07) is 7.50. The van der Waals surface area contributed by atoms with E-state index >= 15 is 0 Å². The van der Waals surface area contributed by atoms with Crippen LogP contribution in [0.2, 0.25) is 5.02 Å². The minimum Gasteiger partial charge on any atom is -0.423 e. The van der Waals surface area contributed by atoms with Gasteiger partial charge in [0.2, 0.25) is 0 Å². The van der Waals surface area contributed by atoms with E-state index < -0.39 is 17.9 Å². The highest BCUT2D eigenvalue weighted by Gasteiger charge is 2.50. The fraction of sp³-hybridized carbons (Fsp3) is 0.406. The van der Waals surface area contributed by atoms with E-state index in [-0.39, 0.29) is 29.6 Å². The van der Waals surface area contributed by atoms with E-state index in [9.17, 15) is 18.4 Å². The van der Waals surface area contributed by atoms with E-state index in [2.05, 4.69) is 10.3 Å². The third-order valence-corrected chi connectivity index (χ3v) is 8.82. The number of pyridine rings is 2. The van der Waals surface area contributed by atoms with Crippen molar-refractivity contribution in [1.29, 1.82) is 5.41 Å². The number of alkyl halides is 2. The van der Waals surface area contributed by atoms with Gasteiger partial charge in [-0.25, -0.2) is 4.98 Å². The van der Waals surface area contributed by atoms with Crippen molar-refractivity contribution >= 4 is 41.1 Å². The molecule has 13 heteroatoms. The summed E-state index contributed by atoms with van der Waals surface area (Å²) in [7, 11) is 0. The Morgan fingerprint density at radius 1 is 1.24 bits per heavy atom. The molecule has 2 amide bonds. The largest absolute Gasteiger partial charge is 0.482 e. The molecule has 1 aromatic carbocycles. The Morgan fingerprint density at radius 3 is 2.64 bits per heavy atom. The lowest BCUT2D eigenvalue weighted by atomic mass is 9.90. The number of hydrogen-bond acceptors (Lipinski definition) is 8. The molecule has 1 aliphatic carbocycles. The Morgan fingerprint density at radius 2 is 2.00 bits per heavy atom. The number of primary amides is 1. The molecule has 10 nitrogen and oxygen atoms in total. The van der Waals surface area contributed by atoms with Crippen LogP contribution in [0.15, 0.2) is 36.5 Å². The summed E-state index contributed by atoms with van der Waals surface area (Å²) in [5, 5.41) is 12.2. The van der Waals surface area contributed by atoms with Crippen LogP contribution in [0, 0.1) is 17.2 Å². The smallest absolute Gasteiger partial charge is 0.423 e. The van der Waals surface area contributed by atoms with Crippen molar-refractivity contribution in [2.24, 2.45) is 17.6 Å². The monoisotopic (exact) mass is 638 g/mol. The lowest BCUT2D eigenvalue weighted by Crippen LogP contribution is -2.50. The second-order valence-corrected chi connectivity index (χ2v) is 12.2. The van der Waals surface area contributed by atoms with Crippen LogP contribution >= 0.6 is 11.6 Å². The number of rotatable bonds is 10. The third-order valence-electron chi connectivity index (χ3n) is 8.60. The molecule has 4 N–H and O–H groups in total. The van der Waals surface area contributed by atoms with E-state index in [1.807, 2.05) is 6.92 Å². The van der Waals surface area contributed by atoms with Crippen molar-refractivity contribution < 1.29 is 27.8 Å². The van der Waals surface area contributed by atoms with Gasteiger partial charge >= 0.3 is 12.0 Å². The van der Waals surface area contributed by atoms with E-state index in [1.54, 1.807) is 18.2 Å². The quantitative estimate of drug-likeness (QED) is 0.246. The summed E-state index contributed by atoms with van der Waals surface area (Å²) in [4.78, 5) is 35.7. The van der Waals surface area contributed by atoms with Gasteiger partial charge in [0.05, 0.1) is 34.2 Å². The van der Waals surface area contributed by atoms with Crippen molar-refractivity contribution in [2.75, 3.05) is 23.4 Å². The number of aromatic nitrogens is 2. The lowest BCUT2D eigenvalue weighted by molar-refractivity contribution is -0.193. The molecule has 2 fully saturated rings. The van der Waals surface area contributed by atoms with Crippen LogP contribution in [0.1, 0.15) is 59.9 Å². The van der Waals surface area contributed by atoms with Crippen molar-refractivity contribution in [1.82, 2.24) is 9.97 Å². The molecule has 0 spiro atoms.